The molecule has 0 aliphatic rings. The largest absolute Gasteiger partial charge is 1.00 e. The Morgan fingerprint density at radius 2 is 1.94 bits per heavy atom. The smallest absolute Gasteiger partial charge is 0.445 e. The zero-order valence-electron chi connectivity index (χ0n) is 9.10. The van der Waals surface area contributed by atoms with Gasteiger partial charge in [0, 0.05) is 11.3 Å². The Morgan fingerprint density at radius 1 is 1.38 bits per heavy atom. The number of rotatable bonds is 2. The minimum Gasteiger partial charge on any atom is -0.445 e. The van der Waals surface area contributed by atoms with Crippen LogP contribution in [0.1, 0.15) is 11.1 Å². The summed E-state index contributed by atoms with van der Waals surface area (Å²) in [5, 5.41) is 0. The van der Waals surface area contributed by atoms with E-state index >= 15 is 0 Å². The molecule has 0 nitrogen and oxygen atoms in total. The topological polar surface area (TPSA) is 0 Å². The van der Waals surface area contributed by atoms with Crippen LogP contribution in [0.2, 0.25) is 0 Å². The Kier molecular flexibility index (Phi) is 6.78. The molecule has 0 aromatic heterocycles. The molecule has 6 heteroatoms. The van der Waals surface area contributed by atoms with E-state index in [2.05, 4.69) is 18.5 Å². The van der Waals surface area contributed by atoms with Gasteiger partial charge in [0.25, 0.3) is 0 Å². The minimum atomic E-state index is -5.00. The number of hydrogen-bond donors (Lipinski definition) is 1. The van der Waals surface area contributed by atoms with Crippen LogP contribution in [-0.2, 0) is 6.42 Å². The average Bonchev–Trinajstić information content (AvgIpc) is 2.09. The zero-order valence-corrected chi connectivity index (χ0v) is 13.1. The zero-order chi connectivity index (χ0) is 11.6. The number of hydrogen-bond acceptors (Lipinski definition) is 1. The molecule has 80 valence electrons. The van der Waals surface area contributed by atoms with Crippen LogP contribution in [0.3, 0.4) is 0 Å². The molecule has 0 heterocycles. The molecule has 0 amide bonds. The maximum absolute atomic E-state index is 12.6. The van der Waals surface area contributed by atoms with Gasteiger partial charge in [0.2, 0.25) is 0 Å². The fraction of sp³-hybridized carbons (Fsp3) is 0.200. The third kappa shape index (κ3) is 4.13. The Balaban J connectivity index is 0.00000225. The first-order valence-electron chi connectivity index (χ1n) is 4.32. The summed E-state index contributed by atoms with van der Waals surface area (Å²) in [5.74, 6) is 2.34. The van der Waals surface area contributed by atoms with E-state index in [9.17, 15) is 12.9 Å². The average molecular weight is 268 g/mol. The maximum atomic E-state index is 12.6. The Bertz CT molecular complexity index is 423. The van der Waals surface area contributed by atoms with Gasteiger partial charge in [-0.15, -0.1) is 30.4 Å². The van der Waals surface area contributed by atoms with E-state index in [4.69, 9.17) is 6.42 Å². The van der Waals surface area contributed by atoms with Gasteiger partial charge < -0.3 is 12.9 Å². The van der Waals surface area contributed by atoms with Gasteiger partial charge in [0.1, 0.15) is 0 Å². The van der Waals surface area contributed by atoms with Crippen molar-refractivity contribution >= 4 is 25.1 Å². The van der Waals surface area contributed by atoms with Crippen molar-refractivity contribution in [3.05, 3.63) is 23.3 Å². The van der Waals surface area contributed by atoms with E-state index in [1.807, 2.05) is 0 Å². The summed E-state index contributed by atoms with van der Waals surface area (Å²) in [6.07, 6.45) is 5.28. The van der Waals surface area contributed by atoms with Gasteiger partial charge in [-0.3, -0.25) is 0 Å². The number of thiol groups is 1. The van der Waals surface area contributed by atoms with Crippen molar-refractivity contribution < 1.29 is 64.3 Å². The molecule has 0 saturated heterocycles. The Morgan fingerprint density at radius 3 is 2.38 bits per heavy atom. The van der Waals surface area contributed by atoms with E-state index < -0.39 is 12.4 Å². The molecule has 0 bridgehead atoms. The Labute approximate surface area is 141 Å². The van der Waals surface area contributed by atoms with E-state index in [1.54, 1.807) is 6.07 Å². The summed E-state index contributed by atoms with van der Waals surface area (Å²) in [4.78, 5) is 0.292. The van der Waals surface area contributed by atoms with Crippen LogP contribution in [0.4, 0.5) is 12.9 Å². The predicted molar refractivity (Wildman–Crippen MR) is 59.7 cm³/mol. The molecule has 0 radical (unpaired) electrons. The second kappa shape index (κ2) is 6.53. The molecule has 1 aromatic carbocycles. The van der Waals surface area contributed by atoms with E-state index in [1.165, 1.54) is 6.92 Å². The van der Waals surface area contributed by atoms with Crippen molar-refractivity contribution in [3.8, 4) is 12.3 Å². The van der Waals surface area contributed by atoms with Gasteiger partial charge in [-0.1, -0.05) is 11.6 Å². The first-order valence-corrected chi connectivity index (χ1v) is 4.76. The van der Waals surface area contributed by atoms with Crippen LogP contribution < -0.4 is 56.8 Å². The Hall–Kier alpha value is 0.621. The summed E-state index contributed by atoms with van der Waals surface area (Å²) < 4.78 is 37.9. The third-order valence-electron chi connectivity index (χ3n) is 2.19. The molecular weight excluding hydrogens is 259 g/mol. The van der Waals surface area contributed by atoms with E-state index in [0.717, 1.165) is 6.07 Å². The summed E-state index contributed by atoms with van der Waals surface area (Å²) in [6.45, 7) is -3.56. The summed E-state index contributed by atoms with van der Waals surface area (Å²) in [5.41, 5.74) is 0.116. The molecular formula is C10H9BF3KS. The SMILES string of the molecule is C#CCc1cc(S)cc([B-](F)(F)F)c1C.[K+]. The van der Waals surface area contributed by atoms with Gasteiger partial charge in [-0.25, -0.2) is 0 Å². The second-order valence-electron chi connectivity index (χ2n) is 3.27. The third-order valence-corrected chi connectivity index (χ3v) is 2.44. The van der Waals surface area contributed by atoms with Gasteiger partial charge in [-0.05, 0) is 18.6 Å². The second-order valence-corrected chi connectivity index (χ2v) is 3.79. The molecule has 0 aliphatic heterocycles. The van der Waals surface area contributed by atoms with Crippen molar-refractivity contribution in [2.24, 2.45) is 0 Å². The number of halogens is 3. The number of terminal acetylenes is 1. The fourth-order valence-corrected chi connectivity index (χ4v) is 1.71. The van der Waals surface area contributed by atoms with Gasteiger partial charge in [0.05, 0.1) is 0 Å². The van der Waals surface area contributed by atoms with Gasteiger partial charge in [0.15, 0.2) is 0 Å². The van der Waals surface area contributed by atoms with Crippen LogP contribution in [0.15, 0.2) is 17.0 Å². The molecule has 0 unspecified atom stereocenters. The standard InChI is InChI=1S/C10H9BF3S.K/c1-3-4-8-5-9(15)6-10(7(8)2)11(12,13)14;/h1,5-6,15H,4H2,2H3;/q-1;+1. The molecule has 0 atom stereocenters. The maximum Gasteiger partial charge on any atom is 1.00 e. The molecule has 0 N–H and O–H groups in total. The van der Waals surface area contributed by atoms with Crippen molar-refractivity contribution in [3.63, 3.8) is 0 Å². The molecule has 0 aliphatic carbocycles. The minimum absolute atomic E-state index is 0. The van der Waals surface area contributed by atoms with Crippen LogP contribution in [0.5, 0.6) is 0 Å². The van der Waals surface area contributed by atoms with Crippen LogP contribution >= 0.6 is 12.6 Å². The van der Waals surface area contributed by atoms with Crippen molar-refractivity contribution in [2.45, 2.75) is 18.2 Å². The molecule has 0 saturated carbocycles. The van der Waals surface area contributed by atoms with Crippen molar-refractivity contribution in [2.75, 3.05) is 0 Å². The quantitative estimate of drug-likeness (QED) is 0.418. The van der Waals surface area contributed by atoms with Gasteiger partial charge >= 0.3 is 58.4 Å². The molecule has 0 fully saturated rings. The van der Waals surface area contributed by atoms with E-state index in [0.29, 0.717) is 10.5 Å². The molecule has 0 spiro atoms. The van der Waals surface area contributed by atoms with Crippen molar-refractivity contribution in [1.82, 2.24) is 0 Å². The normalized spacial score (nSPS) is 10.5. The van der Waals surface area contributed by atoms with Crippen LogP contribution in [-0.4, -0.2) is 6.98 Å². The molecule has 1 aromatic rings. The molecule has 1 rings (SSSR count). The summed E-state index contributed by atoms with van der Waals surface area (Å²) in [6, 6.07) is 2.61. The van der Waals surface area contributed by atoms with E-state index in [-0.39, 0.29) is 63.4 Å². The predicted octanol–water partition coefficient (Wildman–Crippen LogP) is -0.482. The molecule has 16 heavy (non-hydrogen) atoms. The van der Waals surface area contributed by atoms with Crippen molar-refractivity contribution in [1.29, 1.82) is 0 Å². The first kappa shape index (κ1) is 16.6. The first-order chi connectivity index (χ1) is 6.86. The summed E-state index contributed by atoms with van der Waals surface area (Å²) in [7, 11) is 0. The van der Waals surface area contributed by atoms with Crippen LogP contribution in [0, 0.1) is 19.3 Å². The summed E-state index contributed by atoms with van der Waals surface area (Å²) >= 11 is 3.94. The van der Waals surface area contributed by atoms with Crippen LogP contribution in [0.25, 0.3) is 0 Å². The number of benzene rings is 1. The fourth-order valence-electron chi connectivity index (χ4n) is 1.41. The monoisotopic (exact) mass is 268 g/mol. The van der Waals surface area contributed by atoms with Gasteiger partial charge in [-0.2, -0.15) is 0 Å².